The van der Waals surface area contributed by atoms with Crippen LogP contribution >= 0.6 is 0 Å². The number of rotatable bonds is 5. The number of sulfonamides is 1. The largest absolute Gasteiger partial charge is 0.323 e. The molecule has 0 aliphatic heterocycles. The van der Waals surface area contributed by atoms with Gasteiger partial charge in [0.1, 0.15) is 10.7 Å². The number of aromatic nitrogens is 2. The number of hydrogen-bond acceptors (Lipinski definition) is 4. The molecule has 0 radical (unpaired) electrons. The zero-order chi connectivity index (χ0) is 19.2. The molecule has 3 aromatic rings. The molecule has 1 heterocycles. The summed E-state index contributed by atoms with van der Waals surface area (Å²) in [5.74, 6) is -1.53. The van der Waals surface area contributed by atoms with Crippen LogP contribution in [0, 0.1) is 5.82 Å². The van der Waals surface area contributed by atoms with Crippen molar-refractivity contribution < 1.29 is 17.6 Å². The summed E-state index contributed by atoms with van der Waals surface area (Å²) in [5.41, 5.74) is 1.11. The van der Waals surface area contributed by atoms with Crippen molar-refractivity contribution in [3.05, 3.63) is 58.3 Å². The second kappa shape index (κ2) is 6.32. The fraction of sp³-hybridized carbons (Fsp3) is 0.176. The number of anilines is 1. The molecule has 1 amide bonds. The summed E-state index contributed by atoms with van der Waals surface area (Å²) in [6, 6.07) is 7.73. The first-order chi connectivity index (χ1) is 12.8. The third kappa shape index (κ3) is 3.62. The lowest BCUT2D eigenvalue weighted by Crippen LogP contribution is -2.27. The molecule has 1 aromatic heterocycles. The number of carbonyl (C=O) groups excluding carboxylic acids is 1. The van der Waals surface area contributed by atoms with E-state index < -0.39 is 26.6 Å². The number of H-pyrrole nitrogens is 2. The Hall–Kier alpha value is -2.98. The Morgan fingerprint density at radius 3 is 2.56 bits per heavy atom. The van der Waals surface area contributed by atoms with Gasteiger partial charge in [-0.1, -0.05) is 0 Å². The quantitative estimate of drug-likeness (QED) is 0.529. The molecule has 0 spiro atoms. The number of benzene rings is 2. The van der Waals surface area contributed by atoms with E-state index in [1.54, 1.807) is 18.2 Å². The second-order valence-electron chi connectivity index (χ2n) is 6.33. The van der Waals surface area contributed by atoms with Gasteiger partial charge in [-0.2, -0.15) is 0 Å². The molecular weight excluding hydrogens is 375 g/mol. The van der Waals surface area contributed by atoms with Gasteiger partial charge in [0.2, 0.25) is 10.0 Å². The van der Waals surface area contributed by atoms with Crippen molar-refractivity contribution in [3.8, 4) is 0 Å². The highest BCUT2D eigenvalue weighted by Gasteiger charge is 2.30. The number of halogens is 1. The van der Waals surface area contributed by atoms with Crippen molar-refractivity contribution in [2.45, 2.75) is 23.8 Å². The number of imidazole rings is 1. The Morgan fingerprint density at radius 1 is 1.07 bits per heavy atom. The fourth-order valence-corrected chi connectivity index (χ4v) is 4.06. The molecule has 0 unspecified atom stereocenters. The van der Waals surface area contributed by atoms with Gasteiger partial charge < -0.3 is 15.3 Å². The first-order valence-corrected chi connectivity index (χ1v) is 9.65. The monoisotopic (exact) mass is 390 g/mol. The summed E-state index contributed by atoms with van der Waals surface area (Å²) in [7, 11) is -4.03. The molecule has 0 saturated heterocycles. The van der Waals surface area contributed by atoms with E-state index >= 15 is 0 Å². The zero-order valence-corrected chi connectivity index (χ0v) is 14.7. The molecule has 1 aliphatic carbocycles. The van der Waals surface area contributed by atoms with E-state index in [0.29, 0.717) is 29.6 Å². The molecule has 0 atom stereocenters. The number of nitrogens with one attached hydrogen (secondary N) is 4. The normalized spacial score (nSPS) is 14.4. The molecule has 0 bridgehead atoms. The maximum absolute atomic E-state index is 14.0. The van der Waals surface area contributed by atoms with Crippen molar-refractivity contribution in [1.29, 1.82) is 0 Å². The van der Waals surface area contributed by atoms with Gasteiger partial charge in [0, 0.05) is 17.3 Å². The van der Waals surface area contributed by atoms with Crippen LogP contribution in [0.2, 0.25) is 0 Å². The highest BCUT2D eigenvalue weighted by atomic mass is 32.2. The minimum absolute atomic E-state index is 0.00442. The fourth-order valence-electron chi connectivity index (χ4n) is 2.65. The van der Waals surface area contributed by atoms with Crippen LogP contribution in [0.3, 0.4) is 0 Å². The SMILES string of the molecule is O=C(Nc1ccc2[nH]c(=O)[nH]c2c1)c1ccc(F)c(S(=O)(=O)NC2CC2)c1. The van der Waals surface area contributed by atoms with Crippen LogP contribution in [0.4, 0.5) is 10.1 Å². The van der Waals surface area contributed by atoms with E-state index in [1.807, 2.05) is 0 Å². The van der Waals surface area contributed by atoms with Crippen LogP contribution in [0.1, 0.15) is 23.2 Å². The van der Waals surface area contributed by atoms with Gasteiger partial charge in [-0.15, -0.1) is 0 Å². The van der Waals surface area contributed by atoms with E-state index in [1.165, 1.54) is 6.07 Å². The van der Waals surface area contributed by atoms with E-state index in [-0.39, 0.29) is 17.3 Å². The summed E-state index contributed by atoms with van der Waals surface area (Å²) in [5, 5.41) is 2.60. The summed E-state index contributed by atoms with van der Waals surface area (Å²) < 4.78 is 40.9. The van der Waals surface area contributed by atoms with Crippen LogP contribution in [0.15, 0.2) is 46.1 Å². The summed E-state index contributed by atoms with van der Waals surface area (Å²) in [6.07, 6.45) is 1.43. The zero-order valence-electron chi connectivity index (χ0n) is 13.9. The predicted molar refractivity (Wildman–Crippen MR) is 96.6 cm³/mol. The van der Waals surface area contributed by atoms with Crippen molar-refractivity contribution >= 4 is 32.7 Å². The maximum atomic E-state index is 14.0. The average molecular weight is 390 g/mol. The molecule has 4 N–H and O–H groups in total. The van der Waals surface area contributed by atoms with E-state index in [4.69, 9.17) is 0 Å². The summed E-state index contributed by atoms with van der Waals surface area (Å²) in [4.78, 5) is 28.3. The Morgan fingerprint density at radius 2 is 1.81 bits per heavy atom. The first kappa shape index (κ1) is 17.4. The van der Waals surface area contributed by atoms with Gasteiger partial charge in [0.25, 0.3) is 5.91 Å². The van der Waals surface area contributed by atoms with Crippen molar-refractivity contribution in [3.63, 3.8) is 0 Å². The number of hydrogen-bond donors (Lipinski definition) is 4. The third-order valence-electron chi connectivity index (χ3n) is 4.16. The van der Waals surface area contributed by atoms with Gasteiger partial charge >= 0.3 is 5.69 Å². The van der Waals surface area contributed by atoms with Gasteiger partial charge in [0.15, 0.2) is 0 Å². The van der Waals surface area contributed by atoms with Crippen LogP contribution in [-0.4, -0.2) is 30.3 Å². The highest BCUT2D eigenvalue weighted by molar-refractivity contribution is 7.89. The van der Waals surface area contributed by atoms with Crippen molar-refractivity contribution in [2.24, 2.45) is 0 Å². The van der Waals surface area contributed by atoms with Crippen molar-refractivity contribution in [1.82, 2.24) is 14.7 Å². The molecular formula is C17H15FN4O4S. The minimum atomic E-state index is -4.03. The minimum Gasteiger partial charge on any atom is -0.322 e. The second-order valence-corrected chi connectivity index (χ2v) is 8.02. The summed E-state index contributed by atoms with van der Waals surface area (Å²) >= 11 is 0. The smallest absolute Gasteiger partial charge is 0.322 e. The topological polar surface area (TPSA) is 124 Å². The lowest BCUT2D eigenvalue weighted by Gasteiger charge is -2.09. The number of fused-ring (bicyclic) bond motifs is 1. The number of carbonyl (C=O) groups is 1. The highest BCUT2D eigenvalue weighted by Crippen LogP contribution is 2.24. The Balaban J connectivity index is 1.60. The van der Waals surface area contributed by atoms with E-state index in [2.05, 4.69) is 20.0 Å². The predicted octanol–water partition coefficient (Wildman–Crippen LogP) is 1.69. The molecule has 2 aromatic carbocycles. The van der Waals surface area contributed by atoms with Gasteiger partial charge in [0.05, 0.1) is 11.0 Å². The molecule has 1 fully saturated rings. The lowest BCUT2D eigenvalue weighted by molar-refractivity contribution is 0.102. The Kier molecular flexibility index (Phi) is 4.08. The summed E-state index contributed by atoms with van der Waals surface area (Å²) in [6.45, 7) is 0. The molecule has 140 valence electrons. The third-order valence-corrected chi connectivity index (χ3v) is 5.69. The molecule has 10 heteroatoms. The van der Waals surface area contributed by atoms with Gasteiger partial charge in [-0.25, -0.2) is 22.3 Å². The number of amides is 1. The standard InChI is InChI=1S/C17H15FN4O4S/c18-12-5-1-9(7-15(12)27(25,26)22-10-2-3-10)16(23)19-11-4-6-13-14(8-11)21-17(24)20-13/h1,4-8,10,22H,2-3H2,(H,19,23)(H2,20,21,24). The number of aromatic amines is 2. The van der Waals surface area contributed by atoms with Crippen LogP contribution in [-0.2, 0) is 10.0 Å². The van der Waals surface area contributed by atoms with E-state index in [9.17, 15) is 22.4 Å². The van der Waals surface area contributed by atoms with Crippen LogP contribution in [0.5, 0.6) is 0 Å². The molecule has 27 heavy (non-hydrogen) atoms. The van der Waals surface area contributed by atoms with Crippen LogP contribution in [0.25, 0.3) is 11.0 Å². The molecule has 1 saturated carbocycles. The Bertz CT molecular complexity index is 1210. The van der Waals surface area contributed by atoms with Crippen LogP contribution < -0.4 is 15.7 Å². The maximum Gasteiger partial charge on any atom is 0.323 e. The lowest BCUT2D eigenvalue weighted by atomic mass is 10.2. The van der Waals surface area contributed by atoms with E-state index in [0.717, 1.165) is 12.1 Å². The van der Waals surface area contributed by atoms with Crippen molar-refractivity contribution in [2.75, 3.05) is 5.32 Å². The molecule has 1 aliphatic rings. The first-order valence-electron chi connectivity index (χ1n) is 8.17. The molecule has 8 nitrogen and oxygen atoms in total. The molecule has 4 rings (SSSR count). The van der Waals surface area contributed by atoms with Gasteiger partial charge in [-0.3, -0.25) is 4.79 Å². The van der Waals surface area contributed by atoms with Gasteiger partial charge in [-0.05, 0) is 49.2 Å². The Labute approximate surface area is 152 Å². The average Bonchev–Trinajstić information content (AvgIpc) is 3.32.